The van der Waals surface area contributed by atoms with Crippen LogP contribution in [0.25, 0.3) is 0 Å². The number of thiocarbonyl (C=S) groups is 1. The number of hydrogen-bond donors (Lipinski definition) is 2. The average Bonchev–Trinajstić information content (AvgIpc) is 2.22. The van der Waals surface area contributed by atoms with E-state index < -0.39 is 5.60 Å². The Morgan fingerprint density at radius 2 is 2.05 bits per heavy atom. The van der Waals surface area contributed by atoms with Gasteiger partial charge in [0.1, 0.15) is 4.99 Å². The van der Waals surface area contributed by atoms with Crippen LogP contribution in [-0.2, 0) is 0 Å². The molecule has 0 bridgehead atoms. The number of pyridine rings is 1. The number of aryl methyl sites for hydroxylation is 2. The molecule has 1 aromatic rings. The highest BCUT2D eigenvalue weighted by atomic mass is 32.1. The Bertz CT molecular complexity index is 480. The van der Waals surface area contributed by atoms with E-state index >= 15 is 0 Å². The van der Waals surface area contributed by atoms with Crippen LogP contribution in [0.1, 0.15) is 37.7 Å². The third-order valence-corrected chi connectivity index (χ3v) is 3.06. The Labute approximate surface area is 120 Å². The molecule has 0 aliphatic carbocycles. The summed E-state index contributed by atoms with van der Waals surface area (Å²) >= 11 is 5.14. The number of anilines is 1. The van der Waals surface area contributed by atoms with Crippen LogP contribution in [0.5, 0.6) is 0 Å². The Kier molecular flexibility index (Phi) is 4.87. The van der Waals surface area contributed by atoms with Gasteiger partial charge in [0.15, 0.2) is 0 Å². The van der Waals surface area contributed by atoms with Crippen LogP contribution in [0, 0.1) is 13.8 Å². The number of rotatable bonds is 5. The molecule has 0 radical (unpaired) electrons. The molecule has 19 heavy (non-hydrogen) atoms. The fourth-order valence-corrected chi connectivity index (χ4v) is 2.45. The first kappa shape index (κ1) is 15.9. The Hall–Kier alpha value is -1.20. The van der Waals surface area contributed by atoms with Crippen molar-refractivity contribution < 1.29 is 5.11 Å². The second kappa shape index (κ2) is 5.84. The van der Waals surface area contributed by atoms with Crippen LogP contribution >= 0.6 is 12.2 Å². The van der Waals surface area contributed by atoms with Crippen LogP contribution in [-0.4, -0.2) is 33.8 Å². The molecule has 0 saturated carbocycles. The van der Waals surface area contributed by atoms with Gasteiger partial charge in [0.25, 0.3) is 0 Å². The molecule has 0 saturated heterocycles. The molecule has 0 fully saturated rings. The van der Waals surface area contributed by atoms with Gasteiger partial charge in [-0.15, -0.1) is 0 Å². The van der Waals surface area contributed by atoms with E-state index in [-0.39, 0.29) is 0 Å². The lowest BCUT2D eigenvalue weighted by Crippen LogP contribution is -2.39. The summed E-state index contributed by atoms with van der Waals surface area (Å²) in [6.07, 6.45) is 0. The first-order chi connectivity index (χ1) is 8.65. The highest BCUT2D eigenvalue weighted by molar-refractivity contribution is 7.80. The zero-order chi connectivity index (χ0) is 14.8. The van der Waals surface area contributed by atoms with E-state index in [1.165, 1.54) is 0 Å². The molecule has 0 spiro atoms. The highest BCUT2D eigenvalue weighted by Gasteiger charge is 2.21. The molecule has 0 aliphatic rings. The molecular formula is C14H23N3OS. The first-order valence-corrected chi connectivity index (χ1v) is 6.82. The lowest BCUT2D eigenvalue weighted by atomic mass is 10.1. The first-order valence-electron chi connectivity index (χ1n) is 6.41. The highest BCUT2D eigenvalue weighted by Crippen LogP contribution is 2.25. The van der Waals surface area contributed by atoms with Gasteiger partial charge in [0, 0.05) is 24.5 Å². The molecule has 0 unspecified atom stereocenters. The number of nitrogens with zero attached hydrogens (tertiary/aromatic N) is 2. The van der Waals surface area contributed by atoms with Crippen LogP contribution in [0.2, 0.25) is 0 Å². The fourth-order valence-electron chi connectivity index (χ4n) is 2.20. The van der Waals surface area contributed by atoms with E-state index in [4.69, 9.17) is 18.0 Å². The summed E-state index contributed by atoms with van der Waals surface area (Å²) in [7, 11) is 0. The summed E-state index contributed by atoms with van der Waals surface area (Å²) in [4.78, 5) is 6.83. The third kappa shape index (κ3) is 4.14. The zero-order valence-electron chi connectivity index (χ0n) is 12.3. The fraction of sp³-hybridized carbons (Fsp3) is 0.571. The third-order valence-electron chi connectivity index (χ3n) is 2.85. The van der Waals surface area contributed by atoms with Gasteiger partial charge in [-0.25, -0.2) is 0 Å². The zero-order valence-corrected chi connectivity index (χ0v) is 13.1. The number of aromatic nitrogens is 1. The summed E-state index contributed by atoms with van der Waals surface area (Å²) in [5.74, 6) is 0. The largest absolute Gasteiger partial charge is 0.389 e. The molecule has 1 aromatic heterocycles. The maximum absolute atomic E-state index is 10.0. The van der Waals surface area contributed by atoms with Gasteiger partial charge >= 0.3 is 0 Å². The van der Waals surface area contributed by atoms with Crippen molar-refractivity contribution in [1.29, 1.82) is 0 Å². The van der Waals surface area contributed by atoms with Gasteiger partial charge in [-0.3, -0.25) is 4.98 Å². The van der Waals surface area contributed by atoms with Gasteiger partial charge in [-0.05, 0) is 40.7 Å². The van der Waals surface area contributed by atoms with Crippen LogP contribution in [0.3, 0.4) is 0 Å². The van der Waals surface area contributed by atoms with Gasteiger partial charge in [-0.1, -0.05) is 12.2 Å². The smallest absolute Gasteiger partial charge is 0.107 e. The second-order valence-corrected chi connectivity index (χ2v) is 5.87. The summed E-state index contributed by atoms with van der Waals surface area (Å²) in [6.45, 7) is 10.7. The molecular weight excluding hydrogens is 258 g/mol. The van der Waals surface area contributed by atoms with Gasteiger partial charge < -0.3 is 15.7 Å². The predicted octanol–water partition coefficient (Wildman–Crippen LogP) is 1.93. The maximum atomic E-state index is 10.0. The maximum Gasteiger partial charge on any atom is 0.107 e. The minimum Gasteiger partial charge on any atom is -0.389 e. The Balaban J connectivity index is 3.33. The van der Waals surface area contributed by atoms with Gasteiger partial charge in [0.2, 0.25) is 0 Å². The van der Waals surface area contributed by atoms with Crippen molar-refractivity contribution in [2.45, 2.75) is 40.2 Å². The minimum absolute atomic E-state index is 0.342. The summed E-state index contributed by atoms with van der Waals surface area (Å²) in [5.41, 5.74) is 8.53. The molecule has 4 nitrogen and oxygen atoms in total. The SMILES string of the molecule is CCN(CC(C)(C)O)c1cc(C)nc(C)c1C(N)=S. The van der Waals surface area contributed by atoms with Crippen molar-refractivity contribution in [3.8, 4) is 0 Å². The monoisotopic (exact) mass is 281 g/mol. The minimum atomic E-state index is -0.783. The average molecular weight is 281 g/mol. The lowest BCUT2D eigenvalue weighted by Gasteiger charge is -2.31. The molecule has 5 heteroatoms. The van der Waals surface area contributed by atoms with Crippen LogP contribution in [0.4, 0.5) is 5.69 Å². The normalized spacial score (nSPS) is 11.5. The van der Waals surface area contributed by atoms with Crippen molar-refractivity contribution in [3.63, 3.8) is 0 Å². The van der Waals surface area contributed by atoms with Crippen molar-refractivity contribution in [1.82, 2.24) is 4.98 Å². The van der Waals surface area contributed by atoms with Crippen LogP contribution in [0.15, 0.2) is 6.07 Å². The molecule has 1 rings (SSSR count). The number of likely N-dealkylation sites (N-methyl/N-ethyl adjacent to an activating group) is 1. The van der Waals surface area contributed by atoms with E-state index in [1.807, 2.05) is 26.8 Å². The van der Waals surface area contributed by atoms with Gasteiger partial charge in [0.05, 0.1) is 16.9 Å². The van der Waals surface area contributed by atoms with Gasteiger partial charge in [-0.2, -0.15) is 0 Å². The van der Waals surface area contributed by atoms with Crippen molar-refractivity contribution in [2.75, 3.05) is 18.0 Å². The molecule has 1 heterocycles. The summed E-state index contributed by atoms with van der Waals surface area (Å²) in [6, 6.07) is 1.97. The van der Waals surface area contributed by atoms with Crippen molar-refractivity contribution in [2.24, 2.45) is 5.73 Å². The molecule has 0 aromatic carbocycles. The molecule has 3 N–H and O–H groups in total. The lowest BCUT2D eigenvalue weighted by molar-refractivity contribution is 0.0876. The number of nitrogens with two attached hydrogens (primary N) is 1. The van der Waals surface area contributed by atoms with Crippen molar-refractivity contribution in [3.05, 3.63) is 23.0 Å². The second-order valence-electron chi connectivity index (χ2n) is 5.43. The standard InChI is InChI=1S/C14H23N3OS/c1-6-17(8-14(4,5)18)11-7-9(2)16-10(3)12(11)13(15)19/h7,18H,6,8H2,1-5H3,(H2,15,19). The number of hydrogen-bond acceptors (Lipinski definition) is 4. The molecule has 0 aliphatic heterocycles. The predicted molar refractivity (Wildman–Crippen MR) is 83.8 cm³/mol. The molecule has 0 amide bonds. The Morgan fingerprint density at radius 1 is 1.47 bits per heavy atom. The van der Waals surface area contributed by atoms with Crippen molar-refractivity contribution >= 4 is 22.9 Å². The Morgan fingerprint density at radius 3 is 2.47 bits per heavy atom. The van der Waals surface area contributed by atoms with E-state index in [9.17, 15) is 5.11 Å². The quantitative estimate of drug-likeness (QED) is 0.808. The summed E-state index contributed by atoms with van der Waals surface area (Å²) in [5, 5.41) is 10.0. The van der Waals surface area contributed by atoms with E-state index in [0.29, 0.717) is 11.5 Å². The molecule has 106 valence electrons. The van der Waals surface area contributed by atoms with E-state index in [2.05, 4.69) is 9.88 Å². The summed E-state index contributed by atoms with van der Waals surface area (Å²) < 4.78 is 0. The number of aliphatic hydroxyl groups is 1. The topological polar surface area (TPSA) is 62.4 Å². The molecule has 0 atom stereocenters. The van der Waals surface area contributed by atoms with E-state index in [0.717, 1.165) is 29.2 Å². The van der Waals surface area contributed by atoms with Crippen LogP contribution < -0.4 is 10.6 Å². The van der Waals surface area contributed by atoms with E-state index in [1.54, 1.807) is 13.8 Å².